The van der Waals surface area contributed by atoms with Crippen LogP contribution in [-0.4, -0.2) is 27.5 Å². The van der Waals surface area contributed by atoms with Gasteiger partial charge in [0.15, 0.2) is 0 Å². The Hall–Kier alpha value is -1.04. The van der Waals surface area contributed by atoms with E-state index >= 15 is 0 Å². The highest BCUT2D eigenvalue weighted by Gasteiger charge is 2.31. The van der Waals surface area contributed by atoms with E-state index in [0.29, 0.717) is 11.8 Å². The number of amides is 1. The van der Waals surface area contributed by atoms with Crippen LogP contribution in [0.4, 0.5) is 4.79 Å². The van der Waals surface area contributed by atoms with Gasteiger partial charge in [0.1, 0.15) is 0 Å². The Morgan fingerprint density at radius 2 is 2.25 bits per heavy atom. The summed E-state index contributed by atoms with van der Waals surface area (Å²) in [6.45, 7) is 0. The topological polar surface area (TPSA) is 83.5 Å². The van der Waals surface area contributed by atoms with E-state index in [2.05, 4.69) is 5.32 Å². The quantitative estimate of drug-likeness (QED) is 0.662. The molecule has 0 aromatic heterocycles. The van der Waals surface area contributed by atoms with Crippen molar-refractivity contribution in [1.82, 2.24) is 5.32 Å². The summed E-state index contributed by atoms with van der Waals surface area (Å²) in [6.07, 6.45) is 0.0736. The standard InChI is InChI=1S/C6H7NO4S/c8-4(9)2-1-3-5(10)12-6(11)7-3/h3H,1-2H2,(H,7,11)(H,8,9)/t3-/m0/s1. The van der Waals surface area contributed by atoms with Crippen LogP contribution >= 0.6 is 11.8 Å². The average molecular weight is 189 g/mol. The minimum absolute atomic E-state index is 0.1000. The molecule has 2 N–H and O–H groups in total. The number of thioether (sulfide) groups is 1. The number of rotatable bonds is 3. The third kappa shape index (κ3) is 2.23. The number of carboxylic acid groups (broad SMARTS) is 1. The number of nitrogens with one attached hydrogen (secondary N) is 1. The maximum atomic E-state index is 10.9. The average Bonchev–Trinajstić information content (AvgIpc) is 2.26. The van der Waals surface area contributed by atoms with E-state index in [9.17, 15) is 14.4 Å². The van der Waals surface area contributed by atoms with Crippen molar-refractivity contribution >= 4 is 28.1 Å². The Labute approximate surface area is 72.5 Å². The second-order valence-corrected chi connectivity index (χ2v) is 3.32. The maximum Gasteiger partial charge on any atom is 0.303 e. The van der Waals surface area contributed by atoms with Crippen molar-refractivity contribution in [2.45, 2.75) is 18.9 Å². The summed E-state index contributed by atoms with van der Waals surface area (Å²) >= 11 is 0.598. The Kier molecular flexibility index (Phi) is 2.69. The molecule has 1 amide bonds. The first-order chi connectivity index (χ1) is 5.59. The monoisotopic (exact) mass is 189 g/mol. The molecule has 1 rings (SSSR count). The predicted octanol–water partition coefficient (Wildman–Crippen LogP) is 0.203. The van der Waals surface area contributed by atoms with Gasteiger partial charge >= 0.3 is 5.97 Å². The second kappa shape index (κ2) is 3.57. The molecule has 0 unspecified atom stereocenters. The van der Waals surface area contributed by atoms with Crippen molar-refractivity contribution in [2.75, 3.05) is 0 Å². The van der Waals surface area contributed by atoms with Gasteiger partial charge in [0.05, 0.1) is 6.04 Å². The highest BCUT2D eigenvalue weighted by atomic mass is 32.2. The molecule has 1 fully saturated rings. The number of carbonyl (C=O) groups is 3. The SMILES string of the molecule is O=C(O)CC[C@@H]1NC(=O)SC1=O. The van der Waals surface area contributed by atoms with Crippen LogP contribution in [0.15, 0.2) is 0 Å². The first kappa shape index (κ1) is 9.05. The van der Waals surface area contributed by atoms with Crippen molar-refractivity contribution in [3.8, 4) is 0 Å². The van der Waals surface area contributed by atoms with Crippen molar-refractivity contribution in [3.63, 3.8) is 0 Å². The fourth-order valence-corrected chi connectivity index (χ4v) is 1.55. The number of hydrogen-bond donors (Lipinski definition) is 2. The number of aliphatic carboxylic acids is 1. The third-order valence-corrected chi connectivity index (χ3v) is 2.21. The molecule has 0 bridgehead atoms. The van der Waals surface area contributed by atoms with Crippen LogP contribution in [0.5, 0.6) is 0 Å². The van der Waals surface area contributed by atoms with E-state index in [4.69, 9.17) is 5.11 Å². The molecule has 0 aromatic rings. The molecule has 0 aromatic carbocycles. The largest absolute Gasteiger partial charge is 0.481 e. The molecular formula is C6H7NO4S. The van der Waals surface area contributed by atoms with E-state index in [1.54, 1.807) is 0 Å². The molecule has 1 aliphatic heterocycles. The highest BCUT2D eigenvalue weighted by Crippen LogP contribution is 2.18. The number of carboxylic acids is 1. The third-order valence-electron chi connectivity index (χ3n) is 1.42. The Balaban J connectivity index is 2.38. The van der Waals surface area contributed by atoms with Crippen LogP contribution in [-0.2, 0) is 9.59 Å². The fourth-order valence-electron chi connectivity index (χ4n) is 0.851. The van der Waals surface area contributed by atoms with Crippen molar-refractivity contribution < 1.29 is 19.5 Å². The number of carbonyl (C=O) groups excluding carboxylic acids is 2. The van der Waals surface area contributed by atoms with Gasteiger partial charge in [0.2, 0.25) is 5.12 Å². The predicted molar refractivity (Wildman–Crippen MR) is 41.8 cm³/mol. The normalized spacial score (nSPS) is 22.5. The van der Waals surface area contributed by atoms with Crippen LogP contribution in [0.2, 0.25) is 0 Å². The Morgan fingerprint density at radius 3 is 2.67 bits per heavy atom. The van der Waals surface area contributed by atoms with E-state index < -0.39 is 17.3 Å². The maximum absolute atomic E-state index is 10.9. The lowest BCUT2D eigenvalue weighted by molar-refractivity contribution is -0.137. The van der Waals surface area contributed by atoms with Gasteiger partial charge in [0.25, 0.3) is 5.24 Å². The van der Waals surface area contributed by atoms with Crippen LogP contribution in [0.25, 0.3) is 0 Å². The van der Waals surface area contributed by atoms with Crippen LogP contribution < -0.4 is 5.32 Å². The molecule has 5 nitrogen and oxygen atoms in total. The summed E-state index contributed by atoms with van der Waals surface area (Å²) < 4.78 is 0. The molecule has 1 atom stereocenters. The molecule has 0 aliphatic carbocycles. The van der Waals surface area contributed by atoms with Crippen LogP contribution in [0.3, 0.4) is 0 Å². The van der Waals surface area contributed by atoms with Gasteiger partial charge in [-0.05, 0) is 6.42 Å². The highest BCUT2D eigenvalue weighted by molar-refractivity contribution is 8.26. The molecule has 0 spiro atoms. The van der Waals surface area contributed by atoms with Gasteiger partial charge in [-0.2, -0.15) is 0 Å². The van der Waals surface area contributed by atoms with Crippen molar-refractivity contribution in [2.24, 2.45) is 0 Å². The zero-order valence-corrected chi connectivity index (χ0v) is 6.89. The zero-order chi connectivity index (χ0) is 9.14. The summed E-state index contributed by atoms with van der Waals surface area (Å²) in [4.78, 5) is 31.6. The van der Waals surface area contributed by atoms with Crippen LogP contribution in [0.1, 0.15) is 12.8 Å². The second-order valence-electron chi connectivity index (χ2n) is 2.34. The molecule has 0 saturated carbocycles. The number of hydrogen-bond acceptors (Lipinski definition) is 4. The van der Waals surface area contributed by atoms with Gasteiger partial charge in [-0.1, -0.05) is 0 Å². The van der Waals surface area contributed by atoms with Gasteiger partial charge in [-0.25, -0.2) is 0 Å². The fraction of sp³-hybridized carbons (Fsp3) is 0.500. The van der Waals surface area contributed by atoms with E-state index in [1.807, 2.05) is 0 Å². The molecule has 6 heteroatoms. The summed E-state index contributed by atoms with van der Waals surface area (Å²) in [5, 5.41) is 9.98. The Bertz CT molecular complexity index is 240. The molecule has 0 radical (unpaired) electrons. The van der Waals surface area contributed by atoms with Crippen LogP contribution in [0, 0.1) is 0 Å². The summed E-state index contributed by atoms with van der Waals surface area (Å²) in [7, 11) is 0. The molecular weight excluding hydrogens is 182 g/mol. The van der Waals surface area contributed by atoms with Gasteiger partial charge in [0, 0.05) is 18.2 Å². The first-order valence-electron chi connectivity index (χ1n) is 3.33. The van der Waals surface area contributed by atoms with Gasteiger partial charge < -0.3 is 10.4 Å². The van der Waals surface area contributed by atoms with E-state index in [1.165, 1.54) is 0 Å². The lowest BCUT2D eigenvalue weighted by Gasteiger charge is -2.03. The van der Waals surface area contributed by atoms with Gasteiger partial charge in [-0.3, -0.25) is 14.4 Å². The minimum atomic E-state index is -0.964. The van der Waals surface area contributed by atoms with E-state index in [-0.39, 0.29) is 18.0 Å². The van der Waals surface area contributed by atoms with Crippen molar-refractivity contribution in [1.29, 1.82) is 0 Å². The summed E-state index contributed by atoms with van der Waals surface area (Å²) in [5.41, 5.74) is 0. The molecule has 1 aliphatic rings. The molecule has 12 heavy (non-hydrogen) atoms. The Morgan fingerprint density at radius 1 is 1.58 bits per heavy atom. The zero-order valence-electron chi connectivity index (χ0n) is 6.07. The lowest BCUT2D eigenvalue weighted by atomic mass is 10.2. The summed E-state index contributed by atoms with van der Waals surface area (Å²) in [5.74, 6) is -0.964. The minimum Gasteiger partial charge on any atom is -0.481 e. The molecule has 1 heterocycles. The first-order valence-corrected chi connectivity index (χ1v) is 4.15. The summed E-state index contributed by atoms with van der Waals surface area (Å²) in [6, 6.07) is -0.612. The van der Waals surface area contributed by atoms with Crippen molar-refractivity contribution in [3.05, 3.63) is 0 Å². The smallest absolute Gasteiger partial charge is 0.303 e. The molecule has 1 saturated heterocycles. The lowest BCUT2D eigenvalue weighted by Crippen LogP contribution is -2.29. The van der Waals surface area contributed by atoms with Gasteiger partial charge in [-0.15, -0.1) is 0 Å². The molecule has 66 valence electrons. The van der Waals surface area contributed by atoms with E-state index in [0.717, 1.165) is 0 Å².